The number of likely N-dealkylation sites (N-methyl/N-ethyl adjacent to an activating group) is 1. The fourth-order valence-electron chi connectivity index (χ4n) is 1.27. The van der Waals surface area contributed by atoms with Crippen LogP contribution in [0, 0.1) is 0 Å². The van der Waals surface area contributed by atoms with Crippen LogP contribution >= 0.6 is 0 Å². The number of carboxylic acid groups (broad SMARTS) is 1. The number of rotatable bonds is 5. The van der Waals surface area contributed by atoms with Gasteiger partial charge in [-0.15, -0.1) is 0 Å². The Kier molecular flexibility index (Phi) is 4.37. The number of hydrogen-bond acceptors (Lipinski definition) is 4. The summed E-state index contributed by atoms with van der Waals surface area (Å²) in [5.41, 5.74) is -1.32. The van der Waals surface area contributed by atoms with E-state index in [0.717, 1.165) is 4.90 Å². The van der Waals surface area contributed by atoms with E-state index < -0.39 is 17.4 Å². The van der Waals surface area contributed by atoms with Crippen LogP contribution in [0.5, 0.6) is 11.5 Å². The lowest BCUT2D eigenvalue weighted by Crippen LogP contribution is -2.52. The van der Waals surface area contributed by atoms with Gasteiger partial charge >= 0.3 is 5.97 Å². The number of amides is 1. The van der Waals surface area contributed by atoms with E-state index in [0.29, 0.717) is 0 Å². The molecule has 0 radical (unpaired) electrons. The van der Waals surface area contributed by atoms with Crippen LogP contribution in [-0.2, 0) is 9.59 Å². The van der Waals surface area contributed by atoms with Crippen molar-refractivity contribution < 1.29 is 24.5 Å². The summed E-state index contributed by atoms with van der Waals surface area (Å²) in [5.74, 6) is -1.49. The van der Waals surface area contributed by atoms with Crippen molar-refractivity contribution in [2.75, 3.05) is 13.7 Å². The van der Waals surface area contributed by atoms with Crippen LogP contribution < -0.4 is 4.74 Å². The van der Waals surface area contributed by atoms with Crippen LogP contribution in [0.3, 0.4) is 0 Å². The molecule has 1 amide bonds. The third-order valence-electron chi connectivity index (χ3n) is 2.95. The van der Waals surface area contributed by atoms with Crippen LogP contribution in [0.1, 0.15) is 13.8 Å². The second kappa shape index (κ2) is 5.60. The number of ether oxygens (including phenoxy) is 1. The Morgan fingerprint density at radius 1 is 1.32 bits per heavy atom. The first-order valence-corrected chi connectivity index (χ1v) is 5.67. The molecule has 1 aromatic rings. The van der Waals surface area contributed by atoms with E-state index in [4.69, 9.17) is 9.84 Å². The highest BCUT2D eigenvalue weighted by Crippen LogP contribution is 2.24. The zero-order chi connectivity index (χ0) is 14.6. The Bertz CT molecular complexity index is 484. The van der Waals surface area contributed by atoms with Crippen molar-refractivity contribution in [2.24, 2.45) is 0 Å². The highest BCUT2D eigenvalue weighted by Gasteiger charge is 2.35. The molecule has 19 heavy (non-hydrogen) atoms. The molecule has 0 aliphatic rings. The predicted molar refractivity (Wildman–Crippen MR) is 68.1 cm³/mol. The molecule has 0 saturated carbocycles. The summed E-state index contributed by atoms with van der Waals surface area (Å²) in [7, 11) is 1.39. The minimum atomic E-state index is -1.32. The number of benzene rings is 1. The van der Waals surface area contributed by atoms with E-state index in [9.17, 15) is 14.7 Å². The monoisotopic (exact) mass is 267 g/mol. The lowest BCUT2D eigenvalue weighted by atomic mass is 10.0. The van der Waals surface area contributed by atoms with Crippen molar-refractivity contribution in [1.29, 1.82) is 0 Å². The molecular formula is C13H17NO5. The van der Waals surface area contributed by atoms with Gasteiger partial charge in [0, 0.05) is 7.05 Å². The minimum Gasteiger partial charge on any atom is -0.504 e. The Labute approximate surface area is 111 Å². The van der Waals surface area contributed by atoms with Crippen molar-refractivity contribution in [1.82, 2.24) is 4.90 Å². The minimum absolute atomic E-state index is 0.0737. The number of aliphatic carboxylic acids is 1. The molecule has 0 atom stereocenters. The molecule has 6 heteroatoms. The molecular weight excluding hydrogens is 250 g/mol. The average Bonchev–Trinajstić information content (AvgIpc) is 2.36. The Hall–Kier alpha value is -2.24. The number of para-hydroxylation sites is 2. The van der Waals surface area contributed by atoms with E-state index in [2.05, 4.69) is 0 Å². The van der Waals surface area contributed by atoms with Crippen molar-refractivity contribution in [3.05, 3.63) is 24.3 Å². The highest BCUT2D eigenvalue weighted by molar-refractivity contribution is 5.86. The Morgan fingerprint density at radius 2 is 1.89 bits per heavy atom. The molecule has 0 spiro atoms. The second-order valence-corrected chi connectivity index (χ2v) is 4.57. The van der Waals surface area contributed by atoms with Gasteiger partial charge in [0.2, 0.25) is 0 Å². The number of phenolic OH excluding ortho intramolecular Hbond substituents is 1. The maximum Gasteiger partial charge on any atom is 0.329 e. The predicted octanol–water partition coefficient (Wildman–Crippen LogP) is 1.09. The van der Waals surface area contributed by atoms with Gasteiger partial charge in [0.25, 0.3) is 5.91 Å². The molecule has 1 rings (SSSR count). The summed E-state index contributed by atoms with van der Waals surface area (Å²) in [6, 6.07) is 6.24. The van der Waals surface area contributed by atoms with E-state index >= 15 is 0 Å². The van der Waals surface area contributed by atoms with Crippen LogP contribution in [0.2, 0.25) is 0 Å². The first kappa shape index (κ1) is 14.8. The standard InChI is InChI=1S/C13H17NO5/c1-13(2,12(17)18)14(3)11(16)8-19-10-7-5-4-6-9(10)15/h4-7,15H,8H2,1-3H3,(H,17,18). The third-order valence-corrected chi connectivity index (χ3v) is 2.95. The van der Waals surface area contributed by atoms with Gasteiger partial charge in [0.05, 0.1) is 0 Å². The number of aromatic hydroxyl groups is 1. The summed E-state index contributed by atoms with van der Waals surface area (Å²) < 4.78 is 5.16. The molecule has 0 unspecified atom stereocenters. The fraction of sp³-hybridized carbons (Fsp3) is 0.385. The number of phenols is 1. The maximum absolute atomic E-state index is 11.8. The normalized spacial score (nSPS) is 10.9. The Morgan fingerprint density at radius 3 is 2.42 bits per heavy atom. The molecule has 6 nitrogen and oxygen atoms in total. The van der Waals surface area contributed by atoms with Gasteiger partial charge in [-0.05, 0) is 26.0 Å². The Balaban J connectivity index is 2.66. The first-order chi connectivity index (χ1) is 8.76. The number of hydrogen-bond donors (Lipinski definition) is 2. The molecule has 0 saturated heterocycles. The van der Waals surface area contributed by atoms with Gasteiger partial charge in [0.1, 0.15) is 5.54 Å². The molecule has 0 bridgehead atoms. The lowest BCUT2D eigenvalue weighted by molar-refractivity contribution is -0.156. The number of carbonyl (C=O) groups is 2. The number of carboxylic acids is 1. The highest BCUT2D eigenvalue weighted by atomic mass is 16.5. The smallest absolute Gasteiger partial charge is 0.329 e. The van der Waals surface area contributed by atoms with Crippen LogP contribution in [0.4, 0.5) is 0 Å². The van der Waals surface area contributed by atoms with E-state index in [1.807, 2.05) is 0 Å². The van der Waals surface area contributed by atoms with Gasteiger partial charge in [-0.3, -0.25) is 4.79 Å². The van der Waals surface area contributed by atoms with Crippen LogP contribution in [0.25, 0.3) is 0 Å². The lowest BCUT2D eigenvalue weighted by Gasteiger charge is -2.31. The van der Waals surface area contributed by atoms with Crippen molar-refractivity contribution >= 4 is 11.9 Å². The topological polar surface area (TPSA) is 87.1 Å². The van der Waals surface area contributed by atoms with Gasteiger partial charge in [-0.2, -0.15) is 0 Å². The average molecular weight is 267 g/mol. The van der Waals surface area contributed by atoms with Crippen LogP contribution in [-0.4, -0.2) is 46.2 Å². The fourth-order valence-corrected chi connectivity index (χ4v) is 1.27. The van der Waals surface area contributed by atoms with Gasteiger partial charge in [0.15, 0.2) is 18.1 Å². The molecule has 0 heterocycles. The van der Waals surface area contributed by atoms with Crippen molar-refractivity contribution in [2.45, 2.75) is 19.4 Å². The molecule has 0 aliphatic heterocycles. The summed E-state index contributed by atoms with van der Waals surface area (Å²) in [6.07, 6.45) is 0. The van der Waals surface area contributed by atoms with Gasteiger partial charge in [-0.25, -0.2) is 4.79 Å². The first-order valence-electron chi connectivity index (χ1n) is 5.67. The van der Waals surface area contributed by atoms with Crippen molar-refractivity contribution in [3.63, 3.8) is 0 Å². The van der Waals surface area contributed by atoms with Gasteiger partial charge < -0.3 is 19.8 Å². The van der Waals surface area contributed by atoms with Gasteiger partial charge in [-0.1, -0.05) is 12.1 Å². The quantitative estimate of drug-likeness (QED) is 0.834. The number of nitrogens with zero attached hydrogens (tertiary/aromatic N) is 1. The largest absolute Gasteiger partial charge is 0.504 e. The number of carbonyl (C=O) groups excluding carboxylic acids is 1. The zero-order valence-corrected chi connectivity index (χ0v) is 11.1. The third kappa shape index (κ3) is 3.37. The molecule has 0 aromatic heterocycles. The molecule has 0 aliphatic carbocycles. The van der Waals surface area contributed by atoms with Crippen LogP contribution in [0.15, 0.2) is 24.3 Å². The molecule has 0 fully saturated rings. The SMILES string of the molecule is CN(C(=O)COc1ccccc1O)C(C)(C)C(=O)O. The molecule has 2 N–H and O–H groups in total. The summed E-state index contributed by atoms with van der Waals surface area (Å²) >= 11 is 0. The second-order valence-electron chi connectivity index (χ2n) is 4.57. The van der Waals surface area contributed by atoms with E-state index in [1.165, 1.54) is 33.0 Å². The molecule has 104 valence electrons. The summed E-state index contributed by atoms with van der Waals surface area (Å²) in [6.45, 7) is 2.51. The summed E-state index contributed by atoms with van der Waals surface area (Å²) in [5, 5.41) is 18.5. The van der Waals surface area contributed by atoms with E-state index in [-0.39, 0.29) is 18.1 Å². The summed E-state index contributed by atoms with van der Waals surface area (Å²) in [4.78, 5) is 23.9. The maximum atomic E-state index is 11.8. The van der Waals surface area contributed by atoms with Crippen molar-refractivity contribution in [3.8, 4) is 11.5 Å². The van der Waals surface area contributed by atoms with E-state index in [1.54, 1.807) is 12.1 Å². The zero-order valence-electron chi connectivity index (χ0n) is 11.1. The molecule has 1 aromatic carbocycles.